The molecule has 0 atom stereocenters. The molecule has 2 aromatic carbocycles. The van der Waals surface area contributed by atoms with E-state index in [1.165, 1.54) is 23.3 Å². The van der Waals surface area contributed by atoms with Crippen LogP contribution >= 0.6 is 0 Å². The molecule has 0 bridgehead atoms. The summed E-state index contributed by atoms with van der Waals surface area (Å²) in [6, 6.07) is 12.6. The zero-order valence-electron chi connectivity index (χ0n) is 10.9. The topological polar surface area (TPSA) is 47.9 Å². The first-order chi connectivity index (χ1) is 9.76. The summed E-state index contributed by atoms with van der Waals surface area (Å²) in [4.78, 5) is 0. The molecule has 3 nitrogen and oxygen atoms in total. The summed E-state index contributed by atoms with van der Waals surface area (Å²) < 4.78 is 13.1. The lowest BCUT2D eigenvalue weighted by atomic mass is 10.1. The van der Waals surface area contributed by atoms with Crippen molar-refractivity contribution in [3.63, 3.8) is 0 Å². The van der Waals surface area contributed by atoms with Crippen molar-refractivity contribution in [3.8, 4) is 6.07 Å². The number of nitriles is 1. The highest BCUT2D eigenvalue weighted by Gasteiger charge is 2.10. The average Bonchev–Trinajstić information content (AvgIpc) is 2.93. The third-order valence-electron chi connectivity index (χ3n) is 3.49. The molecule has 1 aliphatic heterocycles. The number of fused-ring (bicyclic) bond motifs is 1. The zero-order valence-corrected chi connectivity index (χ0v) is 10.9. The minimum Gasteiger partial charge on any atom is -0.380 e. The van der Waals surface area contributed by atoms with Crippen molar-refractivity contribution >= 4 is 5.69 Å². The number of hydrogen-bond acceptors (Lipinski definition) is 3. The Morgan fingerprint density at radius 1 is 1.15 bits per heavy atom. The van der Waals surface area contributed by atoms with E-state index in [4.69, 9.17) is 5.26 Å². The van der Waals surface area contributed by atoms with Gasteiger partial charge in [-0.1, -0.05) is 18.2 Å². The maximum atomic E-state index is 13.1. The molecule has 2 N–H and O–H groups in total. The minimum atomic E-state index is -0.393. The molecule has 0 amide bonds. The quantitative estimate of drug-likeness (QED) is 0.899. The molecule has 1 heterocycles. The SMILES string of the molecule is N#Cc1cc(F)ccc1NCc1ccc2c(c1)CNC2. The highest BCUT2D eigenvalue weighted by molar-refractivity contribution is 5.57. The highest BCUT2D eigenvalue weighted by atomic mass is 19.1. The van der Waals surface area contributed by atoms with E-state index in [9.17, 15) is 4.39 Å². The zero-order chi connectivity index (χ0) is 13.9. The average molecular weight is 267 g/mol. The molecule has 0 saturated heterocycles. The Bertz CT molecular complexity index is 689. The molecule has 2 aromatic rings. The van der Waals surface area contributed by atoms with Gasteiger partial charge in [0.1, 0.15) is 11.9 Å². The second-order valence-corrected chi connectivity index (χ2v) is 4.86. The minimum absolute atomic E-state index is 0.327. The fourth-order valence-corrected chi connectivity index (χ4v) is 2.42. The number of halogens is 1. The Hall–Kier alpha value is -2.38. The standard InChI is InChI=1S/C16H14FN3/c17-15-3-4-16(13(6-15)7-18)20-8-11-1-2-12-9-19-10-14(12)5-11/h1-6,19-20H,8-10H2. The summed E-state index contributed by atoms with van der Waals surface area (Å²) in [7, 11) is 0. The first-order valence-corrected chi connectivity index (χ1v) is 6.51. The van der Waals surface area contributed by atoms with Gasteiger partial charge in [-0.05, 0) is 34.9 Å². The molecule has 0 radical (unpaired) electrons. The van der Waals surface area contributed by atoms with Crippen molar-refractivity contribution in [1.82, 2.24) is 5.32 Å². The maximum absolute atomic E-state index is 13.1. The van der Waals surface area contributed by atoms with E-state index >= 15 is 0 Å². The van der Waals surface area contributed by atoms with Crippen molar-refractivity contribution < 1.29 is 4.39 Å². The van der Waals surface area contributed by atoms with Crippen LogP contribution in [0.4, 0.5) is 10.1 Å². The third kappa shape index (κ3) is 2.49. The second-order valence-electron chi connectivity index (χ2n) is 4.86. The van der Waals surface area contributed by atoms with Gasteiger partial charge >= 0.3 is 0 Å². The number of anilines is 1. The fourth-order valence-electron chi connectivity index (χ4n) is 2.42. The van der Waals surface area contributed by atoms with Crippen molar-refractivity contribution in [2.24, 2.45) is 0 Å². The van der Waals surface area contributed by atoms with E-state index in [1.54, 1.807) is 6.07 Å². The Balaban J connectivity index is 1.75. The third-order valence-corrected chi connectivity index (χ3v) is 3.49. The van der Waals surface area contributed by atoms with Crippen molar-refractivity contribution in [2.45, 2.75) is 19.6 Å². The van der Waals surface area contributed by atoms with Crippen LogP contribution in [-0.4, -0.2) is 0 Å². The Labute approximate surface area is 117 Å². The fraction of sp³-hybridized carbons (Fsp3) is 0.188. The summed E-state index contributed by atoms with van der Waals surface area (Å²) >= 11 is 0. The summed E-state index contributed by atoms with van der Waals surface area (Å²) in [5.74, 6) is -0.393. The predicted octanol–water partition coefficient (Wildman–Crippen LogP) is 2.91. The van der Waals surface area contributed by atoms with Gasteiger partial charge in [-0.25, -0.2) is 4.39 Å². The number of nitrogens with one attached hydrogen (secondary N) is 2. The molecule has 0 fully saturated rings. The molecule has 4 heteroatoms. The van der Waals surface area contributed by atoms with E-state index in [2.05, 4.69) is 28.8 Å². The largest absolute Gasteiger partial charge is 0.380 e. The summed E-state index contributed by atoms with van der Waals surface area (Å²) in [6.07, 6.45) is 0. The summed E-state index contributed by atoms with van der Waals surface area (Å²) in [5.41, 5.74) is 4.80. The van der Waals surface area contributed by atoms with Crippen LogP contribution in [0.25, 0.3) is 0 Å². The molecule has 0 unspecified atom stereocenters. The van der Waals surface area contributed by atoms with Gasteiger partial charge in [0.25, 0.3) is 0 Å². The van der Waals surface area contributed by atoms with Crippen LogP contribution in [0.1, 0.15) is 22.3 Å². The predicted molar refractivity (Wildman–Crippen MR) is 75.4 cm³/mol. The van der Waals surface area contributed by atoms with E-state index in [-0.39, 0.29) is 0 Å². The van der Waals surface area contributed by atoms with Crippen LogP contribution in [0.3, 0.4) is 0 Å². The molecule has 0 spiro atoms. The van der Waals surface area contributed by atoms with Gasteiger partial charge in [-0.15, -0.1) is 0 Å². The molecule has 0 aliphatic carbocycles. The van der Waals surface area contributed by atoms with Crippen LogP contribution in [-0.2, 0) is 19.6 Å². The van der Waals surface area contributed by atoms with E-state index in [1.807, 2.05) is 6.07 Å². The van der Waals surface area contributed by atoms with Gasteiger partial charge < -0.3 is 10.6 Å². The van der Waals surface area contributed by atoms with E-state index in [0.29, 0.717) is 17.8 Å². The van der Waals surface area contributed by atoms with Crippen LogP contribution in [0.2, 0.25) is 0 Å². The summed E-state index contributed by atoms with van der Waals surface area (Å²) in [6.45, 7) is 2.45. The monoisotopic (exact) mass is 267 g/mol. The maximum Gasteiger partial charge on any atom is 0.124 e. The highest BCUT2D eigenvalue weighted by Crippen LogP contribution is 2.20. The Kier molecular flexibility index (Phi) is 3.36. The smallest absolute Gasteiger partial charge is 0.124 e. The van der Waals surface area contributed by atoms with Gasteiger partial charge in [-0.2, -0.15) is 5.26 Å². The molecule has 1 aliphatic rings. The van der Waals surface area contributed by atoms with Crippen LogP contribution in [0.15, 0.2) is 36.4 Å². The first-order valence-electron chi connectivity index (χ1n) is 6.51. The molecule has 0 aromatic heterocycles. The molecule has 100 valence electrons. The number of benzene rings is 2. The lowest BCUT2D eigenvalue weighted by Gasteiger charge is -2.09. The van der Waals surface area contributed by atoms with Crippen molar-refractivity contribution in [3.05, 3.63) is 64.5 Å². The Morgan fingerprint density at radius 3 is 2.85 bits per heavy atom. The van der Waals surface area contributed by atoms with Crippen molar-refractivity contribution in [2.75, 3.05) is 5.32 Å². The number of rotatable bonds is 3. The number of nitrogens with zero attached hydrogens (tertiary/aromatic N) is 1. The number of hydrogen-bond donors (Lipinski definition) is 2. The normalized spacial score (nSPS) is 12.8. The van der Waals surface area contributed by atoms with Gasteiger partial charge in [0.15, 0.2) is 0 Å². The Morgan fingerprint density at radius 2 is 2.00 bits per heavy atom. The van der Waals surface area contributed by atoms with E-state index < -0.39 is 5.82 Å². The lowest BCUT2D eigenvalue weighted by Crippen LogP contribution is -2.02. The molecular formula is C16H14FN3. The first kappa shape index (κ1) is 12.6. The second kappa shape index (κ2) is 5.32. The lowest BCUT2D eigenvalue weighted by molar-refractivity contribution is 0.627. The molecule has 20 heavy (non-hydrogen) atoms. The molecule has 3 rings (SSSR count). The van der Waals surface area contributed by atoms with Gasteiger partial charge in [0.05, 0.1) is 11.3 Å². The van der Waals surface area contributed by atoms with Gasteiger partial charge in [0.2, 0.25) is 0 Å². The molecule has 0 saturated carbocycles. The van der Waals surface area contributed by atoms with Crippen LogP contribution < -0.4 is 10.6 Å². The van der Waals surface area contributed by atoms with Crippen molar-refractivity contribution in [1.29, 1.82) is 5.26 Å². The summed E-state index contributed by atoms with van der Waals surface area (Å²) in [5, 5.41) is 15.5. The van der Waals surface area contributed by atoms with Crippen LogP contribution in [0.5, 0.6) is 0 Å². The van der Waals surface area contributed by atoms with Crippen LogP contribution in [0, 0.1) is 17.1 Å². The molecular weight excluding hydrogens is 253 g/mol. The van der Waals surface area contributed by atoms with Gasteiger partial charge in [0, 0.05) is 19.6 Å². The van der Waals surface area contributed by atoms with E-state index in [0.717, 1.165) is 18.7 Å². The van der Waals surface area contributed by atoms with Gasteiger partial charge in [-0.3, -0.25) is 0 Å².